The summed E-state index contributed by atoms with van der Waals surface area (Å²) >= 11 is 0. The summed E-state index contributed by atoms with van der Waals surface area (Å²) in [4.78, 5) is 29.2. The van der Waals surface area contributed by atoms with Gasteiger partial charge in [-0.2, -0.15) is 0 Å². The molecule has 2 heterocycles. The largest absolute Gasteiger partial charge is 0.355 e. The summed E-state index contributed by atoms with van der Waals surface area (Å²) in [5.41, 5.74) is 4.64. The van der Waals surface area contributed by atoms with Gasteiger partial charge in [-0.05, 0) is 58.8 Å². The first-order valence-corrected chi connectivity index (χ1v) is 10.5. The lowest BCUT2D eigenvalue weighted by Crippen LogP contribution is -2.46. The Hall–Kier alpha value is -2.67. The number of aryl methyl sites for hydroxylation is 3. The van der Waals surface area contributed by atoms with Crippen LogP contribution in [0.3, 0.4) is 0 Å². The molecular formula is C23H32N4O3. The van der Waals surface area contributed by atoms with E-state index in [1.165, 1.54) is 5.56 Å². The van der Waals surface area contributed by atoms with E-state index in [9.17, 15) is 9.59 Å². The van der Waals surface area contributed by atoms with Crippen LogP contribution in [0.15, 0.2) is 22.7 Å². The highest BCUT2D eigenvalue weighted by molar-refractivity contribution is 5.94. The molecule has 0 saturated carbocycles. The molecule has 0 radical (unpaired) electrons. The molecule has 1 fully saturated rings. The minimum Gasteiger partial charge on any atom is -0.355 e. The van der Waals surface area contributed by atoms with Crippen LogP contribution in [-0.4, -0.2) is 67.0 Å². The number of aromatic nitrogens is 1. The number of hydrogen-bond acceptors (Lipinski definition) is 5. The normalized spacial score (nSPS) is 16.7. The Morgan fingerprint density at radius 1 is 1.20 bits per heavy atom. The maximum Gasteiger partial charge on any atom is 0.276 e. The zero-order chi connectivity index (χ0) is 21.8. The van der Waals surface area contributed by atoms with Gasteiger partial charge in [-0.25, -0.2) is 0 Å². The highest BCUT2D eigenvalue weighted by Gasteiger charge is 2.30. The number of amides is 2. The molecule has 162 valence electrons. The second-order valence-electron chi connectivity index (χ2n) is 8.53. The first-order chi connectivity index (χ1) is 14.3. The molecule has 2 aromatic rings. The first kappa shape index (κ1) is 22.0. The number of nitrogens with zero attached hydrogens (tertiary/aromatic N) is 3. The van der Waals surface area contributed by atoms with Gasteiger partial charge in [0, 0.05) is 37.8 Å². The number of likely N-dealkylation sites (tertiary alicyclic amines) is 1. The van der Waals surface area contributed by atoms with E-state index >= 15 is 0 Å². The third-order valence-corrected chi connectivity index (χ3v) is 5.59. The third-order valence-electron chi connectivity index (χ3n) is 5.59. The van der Waals surface area contributed by atoms with Crippen molar-refractivity contribution in [1.82, 2.24) is 20.3 Å². The summed E-state index contributed by atoms with van der Waals surface area (Å²) in [6.45, 7) is 8.57. The average molecular weight is 413 g/mol. The molecule has 1 N–H and O–H groups in total. The van der Waals surface area contributed by atoms with Crippen LogP contribution in [0.1, 0.15) is 40.0 Å². The fourth-order valence-corrected chi connectivity index (χ4v) is 4.15. The highest BCUT2D eigenvalue weighted by atomic mass is 16.5. The van der Waals surface area contributed by atoms with Crippen LogP contribution in [0.25, 0.3) is 11.3 Å². The molecule has 3 rings (SSSR count). The molecule has 1 aromatic carbocycles. The Balaban J connectivity index is 1.68. The summed E-state index contributed by atoms with van der Waals surface area (Å²) in [5.74, 6) is 0.250. The van der Waals surface area contributed by atoms with Gasteiger partial charge in [-0.3, -0.25) is 9.59 Å². The Bertz CT molecular complexity index is 896. The van der Waals surface area contributed by atoms with Crippen LogP contribution in [0.2, 0.25) is 0 Å². The van der Waals surface area contributed by atoms with E-state index in [1.807, 2.05) is 32.8 Å². The van der Waals surface area contributed by atoms with Gasteiger partial charge in [0.05, 0.1) is 5.92 Å². The zero-order valence-corrected chi connectivity index (χ0v) is 18.6. The molecule has 1 aliphatic rings. The van der Waals surface area contributed by atoms with Crippen LogP contribution >= 0.6 is 0 Å². The molecule has 2 amide bonds. The fourth-order valence-electron chi connectivity index (χ4n) is 4.15. The van der Waals surface area contributed by atoms with Crippen LogP contribution < -0.4 is 5.32 Å². The Labute approximate surface area is 178 Å². The summed E-state index contributed by atoms with van der Waals surface area (Å²) < 4.78 is 5.53. The number of carbonyl (C=O) groups excluding carboxylic acids is 2. The van der Waals surface area contributed by atoms with Crippen molar-refractivity contribution in [2.24, 2.45) is 5.92 Å². The van der Waals surface area contributed by atoms with E-state index in [0.717, 1.165) is 36.1 Å². The molecule has 0 bridgehead atoms. The van der Waals surface area contributed by atoms with Crippen molar-refractivity contribution < 1.29 is 14.1 Å². The smallest absolute Gasteiger partial charge is 0.276 e. The molecular weight excluding hydrogens is 380 g/mol. The third kappa shape index (κ3) is 5.08. The summed E-state index contributed by atoms with van der Waals surface area (Å²) in [5, 5.41) is 7.01. The minimum atomic E-state index is -0.183. The van der Waals surface area contributed by atoms with Gasteiger partial charge in [-0.1, -0.05) is 22.9 Å². The molecule has 1 saturated heterocycles. The maximum atomic E-state index is 13.0. The van der Waals surface area contributed by atoms with Crippen LogP contribution in [0, 0.1) is 26.7 Å². The second kappa shape index (κ2) is 9.43. The van der Waals surface area contributed by atoms with Crippen LogP contribution in [0.4, 0.5) is 0 Å². The SMILES string of the molecule is Cc1cc(C)c(-c2cc(C(=O)N3CCC[C@@H](C(=O)NCCN(C)C)C3)no2)c(C)c1. The predicted molar refractivity (Wildman–Crippen MR) is 116 cm³/mol. The van der Waals surface area contributed by atoms with Crippen molar-refractivity contribution in [3.63, 3.8) is 0 Å². The van der Waals surface area contributed by atoms with Gasteiger partial charge in [0.2, 0.25) is 5.91 Å². The van der Waals surface area contributed by atoms with E-state index in [0.29, 0.717) is 25.4 Å². The lowest BCUT2D eigenvalue weighted by Gasteiger charge is -2.31. The molecule has 0 aliphatic carbocycles. The van der Waals surface area contributed by atoms with Gasteiger partial charge < -0.3 is 19.6 Å². The predicted octanol–water partition coefficient (Wildman–Crippen LogP) is 2.80. The fraction of sp³-hybridized carbons (Fsp3) is 0.522. The molecule has 0 spiro atoms. The number of hydrogen-bond donors (Lipinski definition) is 1. The maximum absolute atomic E-state index is 13.0. The van der Waals surface area contributed by atoms with Crippen LogP contribution in [-0.2, 0) is 4.79 Å². The molecule has 0 unspecified atom stereocenters. The zero-order valence-electron chi connectivity index (χ0n) is 18.6. The highest BCUT2D eigenvalue weighted by Crippen LogP contribution is 2.29. The number of likely N-dealkylation sites (N-methyl/N-ethyl adjacent to an activating group) is 1. The standard InChI is InChI=1S/C23H32N4O3/c1-15-11-16(2)21(17(3)12-15)20-13-19(25-30-20)23(29)27-9-6-7-18(14-27)22(28)24-8-10-26(4)5/h11-13,18H,6-10,14H2,1-5H3,(H,24,28)/t18-/m1/s1. The van der Waals surface area contributed by atoms with Crippen molar-refractivity contribution in [2.75, 3.05) is 40.3 Å². The number of nitrogens with one attached hydrogen (secondary N) is 1. The Morgan fingerprint density at radius 2 is 1.90 bits per heavy atom. The minimum absolute atomic E-state index is 0.0149. The van der Waals surface area contributed by atoms with Crippen molar-refractivity contribution in [1.29, 1.82) is 0 Å². The molecule has 7 heteroatoms. The van der Waals surface area contributed by atoms with Crippen LogP contribution in [0.5, 0.6) is 0 Å². The van der Waals surface area contributed by atoms with E-state index in [2.05, 4.69) is 29.5 Å². The van der Waals surface area contributed by atoms with Gasteiger partial charge in [-0.15, -0.1) is 0 Å². The number of carbonyl (C=O) groups is 2. The van der Waals surface area contributed by atoms with E-state index in [4.69, 9.17) is 4.52 Å². The van der Waals surface area contributed by atoms with Gasteiger partial charge in [0.1, 0.15) is 0 Å². The number of benzene rings is 1. The molecule has 1 aliphatic heterocycles. The quantitative estimate of drug-likeness (QED) is 0.789. The van der Waals surface area contributed by atoms with Crippen molar-refractivity contribution in [3.8, 4) is 11.3 Å². The van der Waals surface area contributed by atoms with Gasteiger partial charge in [0.25, 0.3) is 5.91 Å². The summed E-state index contributed by atoms with van der Waals surface area (Å²) in [6, 6.07) is 5.90. The lowest BCUT2D eigenvalue weighted by molar-refractivity contribution is -0.126. The first-order valence-electron chi connectivity index (χ1n) is 10.5. The van der Waals surface area contributed by atoms with Crippen molar-refractivity contribution >= 4 is 11.8 Å². The van der Waals surface area contributed by atoms with E-state index < -0.39 is 0 Å². The molecule has 1 aromatic heterocycles. The molecule has 30 heavy (non-hydrogen) atoms. The number of piperidine rings is 1. The topological polar surface area (TPSA) is 78.7 Å². The van der Waals surface area contributed by atoms with E-state index in [1.54, 1.807) is 11.0 Å². The number of rotatable bonds is 6. The lowest BCUT2D eigenvalue weighted by atomic mass is 9.96. The average Bonchev–Trinajstić information content (AvgIpc) is 3.16. The van der Waals surface area contributed by atoms with Gasteiger partial charge >= 0.3 is 0 Å². The van der Waals surface area contributed by atoms with E-state index in [-0.39, 0.29) is 23.4 Å². The monoisotopic (exact) mass is 412 g/mol. The summed E-state index contributed by atoms with van der Waals surface area (Å²) in [7, 11) is 3.94. The summed E-state index contributed by atoms with van der Waals surface area (Å²) in [6.07, 6.45) is 1.60. The Morgan fingerprint density at radius 3 is 2.57 bits per heavy atom. The van der Waals surface area contributed by atoms with Gasteiger partial charge in [0.15, 0.2) is 11.5 Å². The molecule has 7 nitrogen and oxygen atoms in total. The Kier molecular flexibility index (Phi) is 6.92. The molecule has 1 atom stereocenters. The second-order valence-corrected chi connectivity index (χ2v) is 8.53. The van der Waals surface area contributed by atoms with Crippen molar-refractivity contribution in [3.05, 3.63) is 40.6 Å². The van der Waals surface area contributed by atoms with Crippen molar-refractivity contribution in [2.45, 2.75) is 33.6 Å².